The molecule has 232 valence electrons. The Labute approximate surface area is 339 Å². The van der Waals surface area contributed by atoms with Crippen LogP contribution in [0.1, 0.15) is 0 Å². The molecular formula is C26H17N6Na3O10S3. The van der Waals surface area contributed by atoms with Gasteiger partial charge in [-0.1, -0.05) is 30.0 Å². The Hall–Kier alpha value is -2.05. The van der Waals surface area contributed by atoms with E-state index < -0.39 is 62.2 Å². The molecular weight excluding hydrogens is 721 g/mol. The van der Waals surface area contributed by atoms with Gasteiger partial charge in [-0.15, -0.1) is 20.5 Å². The summed E-state index contributed by atoms with van der Waals surface area (Å²) < 4.78 is 106. The van der Waals surface area contributed by atoms with Crippen molar-refractivity contribution in [1.29, 1.82) is 0 Å². The fourth-order valence-corrected chi connectivity index (χ4v) is 6.32. The minimum atomic E-state index is -5.27. The van der Waals surface area contributed by atoms with Crippen molar-refractivity contribution >= 4 is 86.0 Å². The number of benzene rings is 5. The average molecular weight is 739 g/mol. The Bertz CT molecular complexity index is 2460. The molecule has 5 N–H and O–H groups in total. The molecule has 0 atom stereocenters. The Kier molecular flexibility index (Phi) is 13.9. The van der Waals surface area contributed by atoms with Crippen LogP contribution in [-0.4, -0.2) is 38.9 Å². The third-order valence-electron chi connectivity index (χ3n) is 6.36. The molecule has 5 aromatic rings. The van der Waals surface area contributed by atoms with E-state index in [4.69, 9.17) is 11.5 Å². The van der Waals surface area contributed by atoms with Crippen LogP contribution in [0.25, 0.3) is 21.5 Å². The minimum absolute atomic E-state index is 0. The first-order valence-corrected chi connectivity index (χ1v) is 16.4. The fourth-order valence-electron chi connectivity index (χ4n) is 4.36. The SMILES string of the molecule is Nc1ccc(N=Nc2cc3c([O-])c(N=Nc4ccc(S(=O)(=O)[O-])c5ccccc45)c(S(=O)(=O)O)cc3cc2S(=O)(=O)[O-])c(N)c1.[Na+].[Na+].[Na+]. The monoisotopic (exact) mass is 738 g/mol. The molecule has 0 bridgehead atoms. The number of rotatable bonds is 7. The number of hydrogen-bond donors (Lipinski definition) is 3. The Balaban J connectivity index is 0.00000267. The second-order valence-corrected chi connectivity index (χ2v) is 13.4. The van der Waals surface area contributed by atoms with Crippen LogP contribution in [0.4, 0.5) is 34.1 Å². The van der Waals surface area contributed by atoms with Crippen LogP contribution in [0.2, 0.25) is 0 Å². The summed E-state index contributed by atoms with van der Waals surface area (Å²) in [6, 6.07) is 14.1. The smallest absolute Gasteiger partial charge is 0.871 e. The van der Waals surface area contributed by atoms with Crippen LogP contribution in [0.15, 0.2) is 108 Å². The van der Waals surface area contributed by atoms with Crippen molar-refractivity contribution in [3.05, 3.63) is 72.8 Å². The van der Waals surface area contributed by atoms with Crippen molar-refractivity contribution in [3.8, 4) is 5.75 Å². The van der Waals surface area contributed by atoms with E-state index in [1.807, 2.05) is 0 Å². The maximum atomic E-state index is 13.6. The third-order valence-corrected chi connectivity index (χ3v) is 8.99. The summed E-state index contributed by atoms with van der Waals surface area (Å²) in [4.78, 5) is -2.61. The van der Waals surface area contributed by atoms with E-state index in [-0.39, 0.29) is 127 Å². The predicted molar refractivity (Wildman–Crippen MR) is 157 cm³/mol. The van der Waals surface area contributed by atoms with Gasteiger partial charge in [-0.05, 0) is 59.3 Å². The molecule has 5 rings (SSSR count). The van der Waals surface area contributed by atoms with Gasteiger partial charge in [-0.3, -0.25) is 4.55 Å². The van der Waals surface area contributed by atoms with Gasteiger partial charge in [0.2, 0.25) is 0 Å². The minimum Gasteiger partial charge on any atom is -0.871 e. The summed E-state index contributed by atoms with van der Waals surface area (Å²) in [5, 5.41) is 28.1. The first kappa shape index (κ1) is 42.1. The van der Waals surface area contributed by atoms with Crippen LogP contribution < -0.4 is 105 Å². The number of azo groups is 2. The molecule has 0 unspecified atom stereocenters. The van der Waals surface area contributed by atoms with E-state index in [9.17, 15) is 44.0 Å². The van der Waals surface area contributed by atoms with E-state index in [0.717, 1.165) is 18.2 Å². The molecule has 0 saturated heterocycles. The zero-order valence-electron chi connectivity index (χ0n) is 25.2. The van der Waals surface area contributed by atoms with Gasteiger partial charge in [-0.25, -0.2) is 16.8 Å². The molecule has 0 fully saturated rings. The standard InChI is InChI=1S/C26H20N6O10S3.3Na/c27-14-5-6-20(18(28)11-14)30-31-21-12-17-13(9-23(21)44(37,38)39)10-24(45(40,41)42)25(26(17)33)32-29-19-7-8-22(43(34,35)36)16-4-2-1-3-15(16)19;;;/h1-12,33H,27-28H2,(H,34,35,36)(H,37,38,39)(H,40,41,42);;;/q;3*+1/p-3. The second kappa shape index (κ2) is 15.9. The number of hydrogen-bond acceptors (Lipinski definition) is 15. The van der Waals surface area contributed by atoms with Gasteiger partial charge in [0.1, 0.15) is 36.5 Å². The van der Waals surface area contributed by atoms with Crippen molar-refractivity contribution in [2.24, 2.45) is 20.5 Å². The van der Waals surface area contributed by atoms with Crippen molar-refractivity contribution in [1.82, 2.24) is 0 Å². The molecule has 48 heavy (non-hydrogen) atoms. The van der Waals surface area contributed by atoms with Crippen molar-refractivity contribution in [2.45, 2.75) is 14.7 Å². The summed E-state index contributed by atoms with van der Waals surface area (Å²) in [5.74, 6) is -1.18. The molecule has 5 aromatic carbocycles. The molecule has 0 radical (unpaired) electrons. The zero-order valence-corrected chi connectivity index (χ0v) is 33.7. The molecule has 16 nitrogen and oxygen atoms in total. The number of nitrogen functional groups attached to an aromatic ring is 2. The number of fused-ring (bicyclic) bond motifs is 2. The summed E-state index contributed by atoms with van der Waals surface area (Å²) in [6.45, 7) is 0. The first-order chi connectivity index (χ1) is 20.9. The van der Waals surface area contributed by atoms with E-state index >= 15 is 0 Å². The molecule has 0 aliphatic rings. The summed E-state index contributed by atoms with van der Waals surface area (Å²) in [7, 11) is -15.4. The summed E-state index contributed by atoms with van der Waals surface area (Å²) >= 11 is 0. The normalized spacial score (nSPS) is 12.1. The van der Waals surface area contributed by atoms with E-state index in [0.29, 0.717) is 17.8 Å². The quantitative estimate of drug-likeness (QED) is 0.0613. The van der Waals surface area contributed by atoms with E-state index in [1.54, 1.807) is 0 Å². The molecule has 0 aromatic heterocycles. The Morgan fingerprint density at radius 3 is 1.71 bits per heavy atom. The van der Waals surface area contributed by atoms with Crippen molar-refractivity contribution in [3.63, 3.8) is 0 Å². The average Bonchev–Trinajstić information content (AvgIpc) is 2.94. The maximum absolute atomic E-state index is 13.6. The van der Waals surface area contributed by atoms with Gasteiger partial charge in [0.05, 0.1) is 26.9 Å². The Morgan fingerprint density at radius 2 is 1.12 bits per heavy atom. The molecule has 0 heterocycles. The molecule has 0 spiro atoms. The van der Waals surface area contributed by atoms with Crippen LogP contribution in [0.3, 0.4) is 0 Å². The zero-order chi connectivity index (χ0) is 32.9. The van der Waals surface area contributed by atoms with Crippen LogP contribution in [0.5, 0.6) is 5.75 Å². The topological polar surface area (TPSA) is 293 Å². The first-order valence-electron chi connectivity index (χ1n) is 12.2. The molecule has 22 heteroatoms. The van der Waals surface area contributed by atoms with Crippen molar-refractivity contribution < 1.29 is 133 Å². The fraction of sp³-hybridized carbons (Fsp3) is 0. The van der Waals surface area contributed by atoms with E-state index in [1.165, 1.54) is 42.5 Å². The maximum Gasteiger partial charge on any atom is 1.00 e. The number of anilines is 2. The summed E-state index contributed by atoms with van der Waals surface area (Å²) in [5.41, 5.74) is 10.3. The van der Waals surface area contributed by atoms with Gasteiger partial charge in [0.25, 0.3) is 10.1 Å². The van der Waals surface area contributed by atoms with Crippen molar-refractivity contribution in [2.75, 3.05) is 11.5 Å². The van der Waals surface area contributed by atoms with Crippen LogP contribution in [-0.2, 0) is 30.4 Å². The molecule has 0 saturated carbocycles. The second-order valence-electron chi connectivity index (χ2n) is 9.32. The summed E-state index contributed by atoms with van der Waals surface area (Å²) in [6.07, 6.45) is 0. The predicted octanol–water partition coefficient (Wildman–Crippen LogP) is -4.87. The largest absolute Gasteiger partial charge is 1.00 e. The number of nitrogens with two attached hydrogens (primary N) is 2. The molecule has 0 amide bonds. The Morgan fingerprint density at radius 1 is 0.583 bits per heavy atom. The van der Waals surface area contributed by atoms with Crippen LogP contribution in [0, 0.1) is 0 Å². The van der Waals surface area contributed by atoms with Gasteiger partial charge >= 0.3 is 88.7 Å². The van der Waals surface area contributed by atoms with Gasteiger partial charge in [0.15, 0.2) is 0 Å². The van der Waals surface area contributed by atoms with Gasteiger partial charge in [0, 0.05) is 16.5 Å². The number of nitrogens with zero attached hydrogens (tertiary/aromatic N) is 4. The third kappa shape index (κ3) is 8.99. The van der Waals surface area contributed by atoms with Gasteiger partial charge < -0.3 is 25.7 Å². The van der Waals surface area contributed by atoms with E-state index in [2.05, 4.69) is 20.5 Å². The molecule has 0 aliphatic carbocycles. The van der Waals surface area contributed by atoms with Gasteiger partial charge in [-0.2, -0.15) is 8.42 Å². The molecule has 0 aliphatic heterocycles. The van der Waals surface area contributed by atoms with Crippen LogP contribution >= 0.6 is 0 Å².